The Balaban J connectivity index is 1.52. The van der Waals surface area contributed by atoms with Gasteiger partial charge < -0.3 is 9.63 Å². The first-order chi connectivity index (χ1) is 15.5. The second-order valence-electron chi connectivity index (χ2n) is 8.16. The zero-order valence-corrected chi connectivity index (χ0v) is 18.5. The maximum atomic E-state index is 13.6. The maximum absolute atomic E-state index is 13.6. The summed E-state index contributed by atoms with van der Waals surface area (Å²) in [6.45, 7) is 0.0403. The molecular formula is C21H17F3N2O5S2. The molecule has 2 aliphatic rings. The number of carbonyl (C=O) groups is 1. The van der Waals surface area contributed by atoms with Gasteiger partial charge in [0.25, 0.3) is 10.0 Å². The fourth-order valence-electron chi connectivity index (χ4n) is 4.91. The molecule has 2 atom stereocenters. The van der Waals surface area contributed by atoms with Crippen molar-refractivity contribution in [1.29, 1.82) is 0 Å². The van der Waals surface area contributed by atoms with E-state index in [0.717, 1.165) is 21.2 Å². The van der Waals surface area contributed by atoms with E-state index in [2.05, 4.69) is 9.68 Å². The Bertz CT molecular complexity index is 1340. The summed E-state index contributed by atoms with van der Waals surface area (Å²) in [4.78, 5) is 12.6. The Morgan fingerprint density at radius 3 is 2.55 bits per heavy atom. The second kappa shape index (κ2) is 7.15. The minimum atomic E-state index is -4.72. The van der Waals surface area contributed by atoms with Crippen LogP contribution in [0.15, 0.2) is 57.3 Å². The van der Waals surface area contributed by atoms with E-state index in [9.17, 15) is 31.5 Å². The molecule has 0 spiro atoms. The molecule has 33 heavy (non-hydrogen) atoms. The van der Waals surface area contributed by atoms with Crippen LogP contribution < -0.4 is 0 Å². The smallest absolute Gasteiger partial charge is 0.452 e. The zero-order chi connectivity index (χ0) is 23.6. The Morgan fingerprint density at radius 1 is 1.18 bits per heavy atom. The van der Waals surface area contributed by atoms with Crippen LogP contribution in [-0.2, 0) is 26.4 Å². The average molecular weight is 499 g/mol. The highest BCUT2D eigenvalue weighted by Crippen LogP contribution is 2.67. The highest BCUT2D eigenvalue weighted by atomic mass is 32.2. The van der Waals surface area contributed by atoms with Crippen molar-refractivity contribution in [2.24, 2.45) is 0 Å². The molecule has 7 nitrogen and oxygen atoms in total. The molecule has 2 aromatic heterocycles. The molecule has 1 aliphatic carbocycles. The fraction of sp³-hybridized carbons (Fsp3) is 0.333. The van der Waals surface area contributed by atoms with Gasteiger partial charge in [-0.1, -0.05) is 35.5 Å². The number of nitrogens with zero attached hydrogens (tertiary/aromatic N) is 2. The minimum absolute atomic E-state index is 0.0403. The van der Waals surface area contributed by atoms with Gasteiger partial charge in [0.1, 0.15) is 15.4 Å². The van der Waals surface area contributed by atoms with Crippen LogP contribution in [0.5, 0.6) is 0 Å². The van der Waals surface area contributed by atoms with Gasteiger partial charge >= 0.3 is 12.1 Å². The molecule has 1 saturated heterocycles. The van der Waals surface area contributed by atoms with Crippen molar-refractivity contribution in [2.75, 3.05) is 6.54 Å². The van der Waals surface area contributed by atoms with E-state index < -0.39 is 38.9 Å². The van der Waals surface area contributed by atoms with Crippen molar-refractivity contribution in [3.05, 3.63) is 59.9 Å². The lowest BCUT2D eigenvalue weighted by Crippen LogP contribution is -2.54. The van der Waals surface area contributed by atoms with E-state index in [1.54, 1.807) is 12.1 Å². The number of sulfonamides is 1. The van der Waals surface area contributed by atoms with Crippen molar-refractivity contribution in [3.8, 4) is 10.6 Å². The van der Waals surface area contributed by atoms with Gasteiger partial charge in [0.2, 0.25) is 5.76 Å². The summed E-state index contributed by atoms with van der Waals surface area (Å²) in [7, 11) is -4.24. The second-order valence-corrected chi connectivity index (χ2v) is 11.3. The highest BCUT2D eigenvalue weighted by Gasteiger charge is 2.79. The van der Waals surface area contributed by atoms with E-state index in [1.807, 2.05) is 18.2 Å². The molecule has 3 heterocycles. The van der Waals surface area contributed by atoms with Crippen molar-refractivity contribution >= 4 is 27.3 Å². The van der Waals surface area contributed by atoms with Crippen LogP contribution in [-0.4, -0.2) is 41.0 Å². The minimum Gasteiger partial charge on any atom is -0.480 e. The molecule has 5 rings (SSSR count). The summed E-state index contributed by atoms with van der Waals surface area (Å²) < 4.78 is 70.8. The first-order valence-electron chi connectivity index (χ1n) is 9.98. The van der Waals surface area contributed by atoms with Gasteiger partial charge in [0, 0.05) is 18.0 Å². The lowest BCUT2D eigenvalue weighted by Gasteiger charge is -2.37. The van der Waals surface area contributed by atoms with Crippen LogP contribution in [0.2, 0.25) is 0 Å². The quantitative estimate of drug-likeness (QED) is 0.561. The van der Waals surface area contributed by atoms with Gasteiger partial charge in [-0.3, -0.25) is 4.79 Å². The largest absolute Gasteiger partial charge is 0.480 e. The summed E-state index contributed by atoms with van der Waals surface area (Å²) in [5.41, 5.74) is -1.79. The van der Waals surface area contributed by atoms with E-state index in [-0.39, 0.29) is 27.7 Å². The zero-order valence-electron chi connectivity index (χ0n) is 16.9. The van der Waals surface area contributed by atoms with Gasteiger partial charge in [0.15, 0.2) is 0 Å². The number of carboxylic acids is 1. The number of fused-ring (bicyclic) bond motifs is 1. The van der Waals surface area contributed by atoms with Crippen molar-refractivity contribution < 1.29 is 36.0 Å². The summed E-state index contributed by atoms with van der Waals surface area (Å²) in [6, 6.07) is 12.3. The number of piperidine rings is 1. The predicted octanol–water partition coefficient (Wildman–Crippen LogP) is 4.37. The van der Waals surface area contributed by atoms with Crippen LogP contribution in [0.1, 0.15) is 30.6 Å². The van der Waals surface area contributed by atoms with E-state index in [0.29, 0.717) is 18.9 Å². The third-order valence-corrected chi connectivity index (χ3v) is 9.97. The Hall–Kier alpha value is -2.70. The van der Waals surface area contributed by atoms with Crippen LogP contribution in [0.4, 0.5) is 13.2 Å². The topological polar surface area (TPSA) is 101 Å². The maximum Gasteiger partial charge on any atom is 0.452 e. The first kappa shape index (κ1) is 22.1. The number of halogens is 3. The number of hydrogen-bond acceptors (Lipinski definition) is 6. The molecule has 1 N–H and O–H groups in total. The Morgan fingerprint density at radius 2 is 1.91 bits per heavy atom. The third-order valence-electron chi connectivity index (χ3n) is 6.46. The Labute approximate surface area is 190 Å². The molecular weight excluding hydrogens is 481 g/mol. The molecule has 0 unspecified atom stereocenters. The van der Waals surface area contributed by atoms with Gasteiger partial charge in [-0.15, -0.1) is 11.3 Å². The lowest BCUT2D eigenvalue weighted by molar-refractivity contribution is -0.155. The van der Waals surface area contributed by atoms with Crippen LogP contribution >= 0.6 is 11.3 Å². The molecule has 0 bridgehead atoms. The standard InChI is InChI=1S/C21H17F3N2O5S2/c22-21(23,24)16-11-14(25-31-16)15-7-8-17(32-15)33(29,30)26-10-4-9-19(12-20(19,26)18(27)28)13-5-2-1-3-6-13/h1-3,5-8,11H,4,9-10,12H2,(H,27,28)/t19-,20-/m0/s1. The fourth-order valence-corrected chi connectivity index (χ4v) is 8.12. The molecule has 12 heteroatoms. The van der Waals surface area contributed by atoms with E-state index >= 15 is 0 Å². The van der Waals surface area contributed by atoms with Crippen molar-refractivity contribution in [1.82, 2.24) is 9.46 Å². The number of benzene rings is 1. The van der Waals surface area contributed by atoms with Gasteiger partial charge in [0.05, 0.1) is 4.88 Å². The lowest BCUT2D eigenvalue weighted by atomic mass is 9.83. The first-order valence-corrected chi connectivity index (χ1v) is 12.2. The summed E-state index contributed by atoms with van der Waals surface area (Å²) in [5.74, 6) is -2.50. The molecule has 1 aromatic carbocycles. The normalized spacial score (nSPS) is 25.5. The number of hydrogen-bond donors (Lipinski definition) is 1. The average Bonchev–Trinajstić information content (AvgIpc) is 3.10. The third kappa shape index (κ3) is 3.15. The monoisotopic (exact) mass is 498 g/mol. The summed E-state index contributed by atoms with van der Waals surface area (Å²) in [5, 5.41) is 13.6. The molecule has 2 fully saturated rings. The predicted molar refractivity (Wildman–Crippen MR) is 111 cm³/mol. The number of aliphatic carboxylic acids is 1. The highest BCUT2D eigenvalue weighted by molar-refractivity contribution is 7.91. The Kier molecular flexibility index (Phi) is 4.79. The van der Waals surface area contributed by atoms with Gasteiger partial charge in [-0.05, 0) is 37.0 Å². The molecule has 3 aromatic rings. The number of thiophene rings is 1. The molecule has 0 radical (unpaired) electrons. The van der Waals surface area contributed by atoms with Crippen molar-refractivity contribution in [2.45, 2.75) is 40.6 Å². The molecule has 0 amide bonds. The van der Waals surface area contributed by atoms with Gasteiger partial charge in [-0.2, -0.15) is 17.5 Å². The van der Waals surface area contributed by atoms with Gasteiger partial charge in [-0.25, -0.2) is 8.42 Å². The van der Waals surface area contributed by atoms with Crippen LogP contribution in [0.3, 0.4) is 0 Å². The number of aromatic nitrogens is 1. The van der Waals surface area contributed by atoms with E-state index in [1.165, 1.54) is 12.1 Å². The van der Waals surface area contributed by atoms with Crippen LogP contribution in [0.25, 0.3) is 10.6 Å². The molecule has 174 valence electrons. The van der Waals surface area contributed by atoms with Crippen molar-refractivity contribution in [3.63, 3.8) is 0 Å². The molecule has 1 saturated carbocycles. The number of rotatable bonds is 5. The summed E-state index contributed by atoms with van der Waals surface area (Å²) in [6.07, 6.45) is -3.52. The van der Waals surface area contributed by atoms with E-state index in [4.69, 9.17) is 0 Å². The SMILES string of the molecule is O=C(O)[C@@]12C[C@]1(c1ccccc1)CCCN2S(=O)(=O)c1ccc(-c2cc(C(F)(F)F)on2)s1. The van der Waals surface area contributed by atoms with Crippen LogP contribution in [0, 0.1) is 0 Å². The number of carboxylic acid groups (broad SMARTS) is 1. The number of alkyl halides is 3. The molecule has 1 aliphatic heterocycles. The summed E-state index contributed by atoms with van der Waals surface area (Å²) >= 11 is 0.724.